The van der Waals surface area contributed by atoms with E-state index >= 15 is 0 Å². The topological polar surface area (TPSA) is 49.3 Å². The summed E-state index contributed by atoms with van der Waals surface area (Å²) in [5, 5.41) is 12.0. The number of hydrogen-bond donors (Lipinski definition) is 2. The van der Waals surface area contributed by atoms with Crippen LogP contribution in [0.3, 0.4) is 0 Å². The highest BCUT2D eigenvalue weighted by Crippen LogP contribution is 2.20. The summed E-state index contributed by atoms with van der Waals surface area (Å²) in [6.45, 7) is 8.06. The molecule has 1 aromatic rings. The van der Waals surface area contributed by atoms with Crippen molar-refractivity contribution in [3.8, 4) is 11.8 Å². The minimum absolute atomic E-state index is 0.0624. The maximum Gasteiger partial charge on any atom is 0.251 e. The van der Waals surface area contributed by atoms with Crippen molar-refractivity contribution in [3.05, 3.63) is 34.9 Å². The van der Waals surface area contributed by atoms with Crippen LogP contribution >= 0.6 is 0 Å². The van der Waals surface area contributed by atoms with Gasteiger partial charge >= 0.3 is 0 Å². The molecule has 1 rings (SSSR count). The van der Waals surface area contributed by atoms with Gasteiger partial charge in [-0.3, -0.25) is 4.79 Å². The Hall–Kier alpha value is -1.79. The molecule has 2 N–H and O–H groups in total. The van der Waals surface area contributed by atoms with Crippen molar-refractivity contribution in [2.45, 2.75) is 52.5 Å². The van der Waals surface area contributed by atoms with E-state index < -0.39 is 0 Å². The van der Waals surface area contributed by atoms with Gasteiger partial charge in [-0.2, -0.15) is 0 Å². The smallest absolute Gasteiger partial charge is 0.251 e. The van der Waals surface area contributed by atoms with Crippen molar-refractivity contribution in [2.75, 3.05) is 6.61 Å². The van der Waals surface area contributed by atoms with Crippen LogP contribution in [0.25, 0.3) is 0 Å². The number of aliphatic hydroxyl groups excluding tert-OH is 1. The largest absolute Gasteiger partial charge is 0.384 e. The lowest BCUT2D eigenvalue weighted by Gasteiger charge is -2.31. The van der Waals surface area contributed by atoms with Gasteiger partial charge in [-0.05, 0) is 43.9 Å². The maximum absolute atomic E-state index is 12.5. The summed E-state index contributed by atoms with van der Waals surface area (Å²) in [5.74, 6) is 5.45. The molecule has 1 amide bonds. The second-order valence-corrected chi connectivity index (χ2v) is 5.28. The number of carbonyl (C=O) groups is 1. The lowest BCUT2D eigenvalue weighted by atomic mass is 9.89. The maximum atomic E-state index is 12.5. The third-order valence-electron chi connectivity index (χ3n) is 4.21. The standard InChI is InChI=1S/C18H25NO2/c1-5-18(6-2,7-3)19-17(21)16-11-10-14(4)15(13-16)9-8-12-20/h10-11,13,20H,5-7,12H2,1-4H3,(H,19,21). The minimum atomic E-state index is -0.180. The van der Waals surface area contributed by atoms with Crippen molar-refractivity contribution >= 4 is 5.91 Å². The lowest BCUT2D eigenvalue weighted by Crippen LogP contribution is -2.47. The zero-order chi connectivity index (χ0) is 15.9. The summed E-state index contributed by atoms with van der Waals surface area (Å²) in [7, 11) is 0. The van der Waals surface area contributed by atoms with Crippen molar-refractivity contribution in [3.63, 3.8) is 0 Å². The van der Waals surface area contributed by atoms with Crippen LogP contribution in [0.15, 0.2) is 18.2 Å². The van der Waals surface area contributed by atoms with Crippen molar-refractivity contribution in [2.24, 2.45) is 0 Å². The molecule has 0 atom stereocenters. The molecule has 0 fully saturated rings. The SMILES string of the molecule is CCC(CC)(CC)NC(=O)c1ccc(C)c(C#CCO)c1. The number of rotatable bonds is 5. The molecule has 0 heterocycles. The predicted octanol–water partition coefficient (Wildman–Crippen LogP) is 3.04. The number of hydrogen-bond acceptors (Lipinski definition) is 2. The molecule has 0 saturated carbocycles. The first-order valence-corrected chi connectivity index (χ1v) is 7.54. The number of aliphatic hydroxyl groups is 1. The first-order valence-electron chi connectivity index (χ1n) is 7.54. The number of carbonyl (C=O) groups excluding carboxylic acids is 1. The molecule has 21 heavy (non-hydrogen) atoms. The van der Waals surface area contributed by atoms with Gasteiger partial charge in [0.15, 0.2) is 0 Å². The van der Waals surface area contributed by atoms with Crippen molar-refractivity contribution in [1.82, 2.24) is 5.32 Å². The van der Waals surface area contributed by atoms with E-state index in [1.54, 1.807) is 6.07 Å². The molecule has 0 bridgehead atoms. The van der Waals surface area contributed by atoms with Gasteiger partial charge in [-0.25, -0.2) is 0 Å². The van der Waals surface area contributed by atoms with E-state index in [0.717, 1.165) is 30.4 Å². The van der Waals surface area contributed by atoms with E-state index in [4.69, 9.17) is 5.11 Å². The molecule has 1 aromatic carbocycles. The summed E-state index contributed by atoms with van der Waals surface area (Å²) in [6.07, 6.45) is 2.73. The highest BCUT2D eigenvalue weighted by molar-refractivity contribution is 5.95. The van der Waals surface area contributed by atoms with Crippen LogP contribution in [-0.2, 0) is 0 Å². The highest BCUT2D eigenvalue weighted by Gasteiger charge is 2.26. The van der Waals surface area contributed by atoms with Gasteiger partial charge in [0.25, 0.3) is 5.91 Å². The Balaban J connectivity index is 3.03. The third kappa shape index (κ3) is 4.34. The van der Waals surface area contributed by atoms with E-state index in [-0.39, 0.29) is 18.1 Å². The minimum Gasteiger partial charge on any atom is -0.384 e. The molecule has 0 aromatic heterocycles. The molecule has 0 aliphatic rings. The molecule has 0 aliphatic heterocycles. The predicted molar refractivity (Wildman–Crippen MR) is 86.2 cm³/mol. The first-order chi connectivity index (χ1) is 10.0. The Bertz CT molecular complexity index is 540. The van der Waals surface area contributed by atoms with E-state index in [0.29, 0.717) is 5.56 Å². The summed E-state index contributed by atoms with van der Waals surface area (Å²) in [4.78, 5) is 12.5. The van der Waals surface area contributed by atoms with Crippen LogP contribution in [0, 0.1) is 18.8 Å². The van der Waals surface area contributed by atoms with E-state index in [9.17, 15) is 4.79 Å². The Morgan fingerprint density at radius 3 is 2.38 bits per heavy atom. The van der Waals surface area contributed by atoms with Crippen LogP contribution in [0.2, 0.25) is 0 Å². The Morgan fingerprint density at radius 1 is 1.24 bits per heavy atom. The molecule has 0 radical (unpaired) electrons. The number of aryl methyl sites for hydroxylation is 1. The van der Waals surface area contributed by atoms with Gasteiger partial charge in [-0.15, -0.1) is 0 Å². The van der Waals surface area contributed by atoms with Crippen molar-refractivity contribution in [1.29, 1.82) is 0 Å². The van der Waals surface area contributed by atoms with Crippen LogP contribution in [-0.4, -0.2) is 23.2 Å². The average Bonchev–Trinajstić information content (AvgIpc) is 2.51. The zero-order valence-electron chi connectivity index (χ0n) is 13.4. The Morgan fingerprint density at radius 2 is 1.86 bits per heavy atom. The Kier molecular flexibility index (Phi) is 6.45. The zero-order valence-corrected chi connectivity index (χ0v) is 13.4. The fourth-order valence-corrected chi connectivity index (χ4v) is 2.36. The third-order valence-corrected chi connectivity index (χ3v) is 4.21. The van der Waals surface area contributed by atoms with Crippen LogP contribution < -0.4 is 5.32 Å². The van der Waals surface area contributed by atoms with Gasteiger partial charge < -0.3 is 10.4 Å². The van der Waals surface area contributed by atoms with Gasteiger partial charge in [0.2, 0.25) is 0 Å². The summed E-state index contributed by atoms with van der Waals surface area (Å²) < 4.78 is 0. The van der Waals surface area contributed by atoms with Gasteiger partial charge in [0.05, 0.1) is 0 Å². The van der Waals surface area contributed by atoms with Crippen molar-refractivity contribution < 1.29 is 9.90 Å². The molecule has 0 aliphatic carbocycles. The van der Waals surface area contributed by atoms with Crippen LogP contribution in [0.1, 0.15) is 61.5 Å². The molecular weight excluding hydrogens is 262 g/mol. The van der Waals surface area contributed by atoms with Crippen LogP contribution in [0.5, 0.6) is 0 Å². The molecule has 0 unspecified atom stereocenters. The summed E-state index contributed by atoms with van der Waals surface area (Å²) in [5.41, 5.74) is 2.26. The molecular formula is C18H25NO2. The van der Waals surface area contributed by atoms with Gasteiger partial charge in [0.1, 0.15) is 6.61 Å². The second kappa shape index (κ2) is 7.85. The molecule has 0 saturated heterocycles. The monoisotopic (exact) mass is 287 g/mol. The first kappa shape index (κ1) is 17.3. The summed E-state index contributed by atoms with van der Waals surface area (Å²) >= 11 is 0. The summed E-state index contributed by atoms with van der Waals surface area (Å²) in [6, 6.07) is 5.50. The van der Waals surface area contributed by atoms with E-state index in [1.807, 2.05) is 19.1 Å². The molecule has 3 nitrogen and oxygen atoms in total. The number of nitrogens with one attached hydrogen (secondary N) is 1. The van der Waals surface area contributed by atoms with Gasteiger partial charge in [-0.1, -0.05) is 38.7 Å². The Labute approximate surface area is 127 Å². The number of benzene rings is 1. The van der Waals surface area contributed by atoms with Gasteiger partial charge in [0, 0.05) is 16.7 Å². The quantitative estimate of drug-likeness (QED) is 0.818. The molecule has 3 heteroatoms. The normalized spacial score (nSPS) is 10.7. The van der Waals surface area contributed by atoms with E-state index in [1.165, 1.54) is 0 Å². The second-order valence-electron chi connectivity index (χ2n) is 5.28. The fourth-order valence-electron chi connectivity index (χ4n) is 2.36. The molecule has 0 spiro atoms. The highest BCUT2D eigenvalue weighted by atomic mass is 16.2. The van der Waals surface area contributed by atoms with E-state index in [2.05, 4.69) is 37.9 Å². The average molecular weight is 287 g/mol. The van der Waals surface area contributed by atoms with Crippen LogP contribution in [0.4, 0.5) is 0 Å². The fraction of sp³-hybridized carbons (Fsp3) is 0.500. The molecule has 114 valence electrons. The number of amides is 1. The lowest BCUT2D eigenvalue weighted by molar-refractivity contribution is 0.0888.